The van der Waals surface area contributed by atoms with Crippen molar-refractivity contribution < 1.29 is 8.78 Å². The van der Waals surface area contributed by atoms with Gasteiger partial charge in [0.2, 0.25) is 6.43 Å². The molecule has 74 valence electrons. The molecular weight excluding hydrogens is 158 g/mol. The van der Waals surface area contributed by atoms with Crippen LogP contribution >= 0.6 is 0 Å². The summed E-state index contributed by atoms with van der Waals surface area (Å²) in [4.78, 5) is 0. The Hall–Kier alpha value is -0.140. The second-order valence-corrected chi connectivity index (χ2v) is 3.35. The van der Waals surface area contributed by atoms with Crippen LogP contribution in [0.2, 0.25) is 0 Å². The van der Waals surface area contributed by atoms with E-state index in [0.717, 1.165) is 12.8 Å². The van der Waals surface area contributed by atoms with E-state index in [1.807, 2.05) is 6.92 Å². The minimum absolute atomic E-state index is 0.359. The second-order valence-electron chi connectivity index (χ2n) is 3.35. The SMILES string of the molecule is CCCCCCC(CC)C(F)F. The van der Waals surface area contributed by atoms with E-state index in [4.69, 9.17) is 0 Å². The molecule has 0 nitrogen and oxygen atoms in total. The topological polar surface area (TPSA) is 0 Å². The van der Waals surface area contributed by atoms with Crippen molar-refractivity contribution in [3.05, 3.63) is 0 Å². The van der Waals surface area contributed by atoms with E-state index in [2.05, 4.69) is 6.92 Å². The van der Waals surface area contributed by atoms with Crippen LogP contribution in [0.25, 0.3) is 0 Å². The fourth-order valence-corrected chi connectivity index (χ4v) is 1.34. The van der Waals surface area contributed by atoms with Gasteiger partial charge in [0, 0.05) is 5.92 Å². The fraction of sp³-hybridized carbons (Fsp3) is 1.00. The third-order valence-corrected chi connectivity index (χ3v) is 2.31. The number of halogens is 2. The monoisotopic (exact) mass is 178 g/mol. The standard InChI is InChI=1S/C10H20F2/c1-3-5-6-7-8-9(4-2)10(11)12/h9-10H,3-8H2,1-2H3. The molecule has 0 amide bonds. The molecule has 0 heterocycles. The normalized spacial score (nSPS) is 13.8. The van der Waals surface area contributed by atoms with Gasteiger partial charge in [0.15, 0.2) is 0 Å². The van der Waals surface area contributed by atoms with Crippen molar-refractivity contribution in [1.82, 2.24) is 0 Å². The number of unbranched alkanes of at least 4 members (excludes halogenated alkanes) is 3. The predicted octanol–water partition coefficient (Wildman–Crippen LogP) is 4.25. The van der Waals surface area contributed by atoms with Crippen LogP contribution < -0.4 is 0 Å². The molecule has 1 atom stereocenters. The summed E-state index contributed by atoms with van der Waals surface area (Å²) in [6, 6.07) is 0. The summed E-state index contributed by atoms with van der Waals surface area (Å²) in [6.45, 7) is 3.97. The Kier molecular flexibility index (Phi) is 7.42. The largest absolute Gasteiger partial charge is 0.241 e. The molecule has 2 heteroatoms. The highest BCUT2D eigenvalue weighted by Gasteiger charge is 2.16. The van der Waals surface area contributed by atoms with Crippen molar-refractivity contribution in [3.8, 4) is 0 Å². The maximum atomic E-state index is 12.2. The van der Waals surface area contributed by atoms with Gasteiger partial charge in [0.25, 0.3) is 0 Å². The van der Waals surface area contributed by atoms with E-state index < -0.39 is 6.43 Å². The molecule has 0 bridgehead atoms. The maximum absolute atomic E-state index is 12.2. The lowest BCUT2D eigenvalue weighted by atomic mass is 9.99. The summed E-state index contributed by atoms with van der Waals surface area (Å²) in [5, 5.41) is 0. The van der Waals surface area contributed by atoms with Crippen LogP contribution in [0.15, 0.2) is 0 Å². The molecule has 0 saturated heterocycles. The highest BCUT2D eigenvalue weighted by molar-refractivity contribution is 4.59. The first-order valence-electron chi connectivity index (χ1n) is 5.00. The molecule has 12 heavy (non-hydrogen) atoms. The smallest absolute Gasteiger partial charge is 0.210 e. The first-order chi connectivity index (χ1) is 5.72. The Morgan fingerprint density at radius 2 is 1.67 bits per heavy atom. The van der Waals surface area contributed by atoms with Gasteiger partial charge in [-0.3, -0.25) is 0 Å². The molecule has 0 saturated carbocycles. The van der Waals surface area contributed by atoms with E-state index in [0.29, 0.717) is 12.8 Å². The summed E-state index contributed by atoms with van der Waals surface area (Å²) >= 11 is 0. The molecule has 0 aromatic rings. The summed E-state index contributed by atoms with van der Waals surface area (Å²) in [7, 11) is 0. The van der Waals surface area contributed by atoms with E-state index >= 15 is 0 Å². The highest BCUT2D eigenvalue weighted by Crippen LogP contribution is 2.20. The Morgan fingerprint density at radius 3 is 2.08 bits per heavy atom. The maximum Gasteiger partial charge on any atom is 0.241 e. The molecule has 0 aliphatic heterocycles. The van der Waals surface area contributed by atoms with E-state index in [1.165, 1.54) is 12.8 Å². The van der Waals surface area contributed by atoms with Crippen LogP contribution in [0.5, 0.6) is 0 Å². The van der Waals surface area contributed by atoms with Crippen molar-refractivity contribution in [2.75, 3.05) is 0 Å². The molecule has 0 N–H and O–H groups in total. The number of alkyl halides is 2. The average molecular weight is 178 g/mol. The zero-order chi connectivity index (χ0) is 9.40. The average Bonchev–Trinajstić information content (AvgIpc) is 2.04. The fourth-order valence-electron chi connectivity index (χ4n) is 1.34. The Labute approximate surface area is 74.4 Å². The van der Waals surface area contributed by atoms with Gasteiger partial charge in [-0.1, -0.05) is 39.5 Å². The first kappa shape index (κ1) is 11.9. The molecular formula is C10H20F2. The van der Waals surface area contributed by atoms with Gasteiger partial charge in [-0.25, -0.2) is 8.78 Å². The van der Waals surface area contributed by atoms with Crippen molar-refractivity contribution in [2.24, 2.45) is 5.92 Å². The summed E-state index contributed by atoms with van der Waals surface area (Å²) in [5.41, 5.74) is 0. The zero-order valence-electron chi connectivity index (χ0n) is 8.15. The quantitative estimate of drug-likeness (QED) is 0.511. The molecule has 0 rings (SSSR count). The molecule has 0 fully saturated rings. The van der Waals surface area contributed by atoms with Crippen LogP contribution in [-0.4, -0.2) is 6.43 Å². The van der Waals surface area contributed by atoms with Gasteiger partial charge in [-0.05, 0) is 12.8 Å². The molecule has 1 unspecified atom stereocenters. The van der Waals surface area contributed by atoms with Crippen molar-refractivity contribution in [1.29, 1.82) is 0 Å². The summed E-state index contributed by atoms with van der Waals surface area (Å²) < 4.78 is 24.4. The van der Waals surface area contributed by atoms with Gasteiger partial charge in [0.1, 0.15) is 0 Å². The van der Waals surface area contributed by atoms with E-state index in [1.54, 1.807) is 0 Å². The Morgan fingerprint density at radius 1 is 1.00 bits per heavy atom. The molecule has 0 radical (unpaired) electrons. The molecule has 0 aromatic heterocycles. The van der Waals surface area contributed by atoms with Crippen LogP contribution in [0.3, 0.4) is 0 Å². The third kappa shape index (κ3) is 5.50. The number of hydrogen-bond acceptors (Lipinski definition) is 0. The number of hydrogen-bond donors (Lipinski definition) is 0. The number of rotatable bonds is 7. The Bertz CT molecular complexity index is 91.8. The van der Waals surface area contributed by atoms with Crippen LogP contribution in [0.1, 0.15) is 52.4 Å². The predicted molar refractivity (Wildman–Crippen MR) is 48.5 cm³/mol. The molecule has 0 spiro atoms. The summed E-state index contributed by atoms with van der Waals surface area (Å²) in [6.07, 6.45) is 3.64. The summed E-state index contributed by atoms with van der Waals surface area (Å²) in [5.74, 6) is -0.359. The minimum Gasteiger partial charge on any atom is -0.210 e. The molecule has 0 aliphatic carbocycles. The molecule has 0 aliphatic rings. The van der Waals surface area contributed by atoms with E-state index in [9.17, 15) is 8.78 Å². The third-order valence-electron chi connectivity index (χ3n) is 2.31. The van der Waals surface area contributed by atoms with Gasteiger partial charge in [-0.15, -0.1) is 0 Å². The van der Waals surface area contributed by atoms with Crippen LogP contribution in [0, 0.1) is 5.92 Å². The lowest BCUT2D eigenvalue weighted by Gasteiger charge is -2.12. The van der Waals surface area contributed by atoms with Crippen molar-refractivity contribution in [2.45, 2.75) is 58.8 Å². The lowest BCUT2D eigenvalue weighted by Crippen LogP contribution is -2.09. The van der Waals surface area contributed by atoms with Crippen molar-refractivity contribution in [3.63, 3.8) is 0 Å². The van der Waals surface area contributed by atoms with Crippen LogP contribution in [0.4, 0.5) is 8.78 Å². The Balaban J connectivity index is 3.32. The second kappa shape index (κ2) is 7.51. The minimum atomic E-state index is -2.11. The van der Waals surface area contributed by atoms with Gasteiger partial charge < -0.3 is 0 Å². The van der Waals surface area contributed by atoms with E-state index in [-0.39, 0.29) is 5.92 Å². The zero-order valence-corrected chi connectivity index (χ0v) is 8.15. The lowest BCUT2D eigenvalue weighted by molar-refractivity contribution is 0.0687. The van der Waals surface area contributed by atoms with Gasteiger partial charge in [0.05, 0.1) is 0 Å². The highest BCUT2D eigenvalue weighted by atomic mass is 19.3. The van der Waals surface area contributed by atoms with Crippen LogP contribution in [-0.2, 0) is 0 Å². The molecule has 0 aromatic carbocycles. The van der Waals surface area contributed by atoms with Gasteiger partial charge >= 0.3 is 0 Å². The first-order valence-corrected chi connectivity index (χ1v) is 5.00. The van der Waals surface area contributed by atoms with Crippen molar-refractivity contribution >= 4 is 0 Å². The van der Waals surface area contributed by atoms with Gasteiger partial charge in [-0.2, -0.15) is 0 Å².